The molecular weight excluding hydrogens is 376 g/mol. The molecule has 4 rings (SSSR count). The quantitative estimate of drug-likeness (QED) is 0.828. The van der Waals surface area contributed by atoms with E-state index in [9.17, 15) is 9.59 Å². The molecule has 0 radical (unpaired) electrons. The van der Waals surface area contributed by atoms with Crippen LogP contribution in [-0.2, 0) is 19.5 Å². The average Bonchev–Trinajstić information content (AvgIpc) is 3.42. The van der Waals surface area contributed by atoms with Crippen LogP contribution in [0.2, 0.25) is 0 Å². The van der Waals surface area contributed by atoms with Crippen LogP contribution in [0.1, 0.15) is 71.8 Å². The number of nitrogens with zero attached hydrogens (tertiary/aromatic N) is 5. The largest absolute Gasteiger partial charge is 0.348 e. The van der Waals surface area contributed by atoms with Crippen molar-refractivity contribution in [3.05, 3.63) is 28.0 Å². The van der Waals surface area contributed by atoms with E-state index < -0.39 is 0 Å². The van der Waals surface area contributed by atoms with Gasteiger partial charge in [0.05, 0.1) is 6.54 Å². The van der Waals surface area contributed by atoms with E-state index in [4.69, 9.17) is 0 Å². The highest BCUT2D eigenvalue weighted by atomic mass is 32.1. The summed E-state index contributed by atoms with van der Waals surface area (Å²) in [5, 5.41) is 13.4. The van der Waals surface area contributed by atoms with Crippen molar-refractivity contribution in [2.24, 2.45) is 5.92 Å². The lowest BCUT2D eigenvalue weighted by Gasteiger charge is -2.27. The molecule has 150 valence electrons. The third-order valence-electron chi connectivity index (χ3n) is 5.44. The van der Waals surface area contributed by atoms with Gasteiger partial charge in [0, 0.05) is 42.2 Å². The summed E-state index contributed by atoms with van der Waals surface area (Å²) >= 11 is 1.17. The Hall–Kier alpha value is -2.29. The summed E-state index contributed by atoms with van der Waals surface area (Å²) in [7, 11) is 0. The molecule has 1 N–H and O–H groups in total. The molecule has 2 aromatic heterocycles. The molecule has 8 nitrogen and oxygen atoms in total. The first-order valence-electron chi connectivity index (χ1n) is 9.98. The molecule has 2 amide bonds. The molecule has 3 heterocycles. The molecule has 9 heteroatoms. The van der Waals surface area contributed by atoms with Crippen molar-refractivity contribution in [1.29, 1.82) is 0 Å². The fourth-order valence-electron chi connectivity index (χ4n) is 4.09. The van der Waals surface area contributed by atoms with Crippen LogP contribution in [0.25, 0.3) is 0 Å². The molecule has 1 aliphatic heterocycles. The minimum absolute atomic E-state index is 0.115. The van der Waals surface area contributed by atoms with Crippen molar-refractivity contribution in [3.8, 4) is 0 Å². The number of hydrogen-bond acceptors (Lipinski definition) is 6. The van der Waals surface area contributed by atoms with Crippen LogP contribution in [0.4, 0.5) is 0 Å². The van der Waals surface area contributed by atoms with Crippen LogP contribution in [0, 0.1) is 5.92 Å². The number of amides is 2. The molecule has 0 spiro atoms. The predicted octanol–water partition coefficient (Wildman–Crippen LogP) is 2.26. The zero-order valence-corrected chi connectivity index (χ0v) is 17.2. The molecule has 0 saturated heterocycles. The minimum atomic E-state index is -0.141. The number of carbonyl (C=O) groups excluding carboxylic acids is 2. The third-order valence-corrected chi connectivity index (χ3v) is 5.95. The SMILES string of the molecule is CC(C)Cn1nc(C(=O)NC2CCCC2)c2c1CCN(C(=O)c1csnn1)C2. The summed E-state index contributed by atoms with van der Waals surface area (Å²) in [5.41, 5.74) is 2.78. The monoisotopic (exact) mass is 402 g/mol. The Bertz CT molecular complexity index is 854. The van der Waals surface area contributed by atoms with Gasteiger partial charge in [0.15, 0.2) is 11.4 Å². The predicted molar refractivity (Wildman–Crippen MR) is 105 cm³/mol. The number of nitrogens with one attached hydrogen (secondary N) is 1. The topological polar surface area (TPSA) is 93.0 Å². The molecule has 0 bridgehead atoms. The summed E-state index contributed by atoms with van der Waals surface area (Å²) < 4.78 is 5.75. The van der Waals surface area contributed by atoms with Crippen molar-refractivity contribution in [2.45, 2.75) is 65.1 Å². The summed E-state index contributed by atoms with van der Waals surface area (Å²) in [6.45, 7) is 6.03. The normalized spacial score (nSPS) is 17.2. The molecule has 2 aliphatic rings. The third kappa shape index (κ3) is 3.80. The first-order valence-corrected chi connectivity index (χ1v) is 10.8. The summed E-state index contributed by atoms with van der Waals surface area (Å²) in [6.07, 6.45) is 5.07. The second kappa shape index (κ2) is 7.98. The van der Waals surface area contributed by atoms with Gasteiger partial charge in [-0.2, -0.15) is 5.10 Å². The summed E-state index contributed by atoms with van der Waals surface area (Å²) in [6, 6.07) is 0.237. The smallest absolute Gasteiger partial charge is 0.275 e. The Morgan fingerprint density at radius 3 is 2.79 bits per heavy atom. The molecule has 1 saturated carbocycles. The highest BCUT2D eigenvalue weighted by Crippen LogP contribution is 2.26. The Kier molecular flexibility index (Phi) is 5.43. The average molecular weight is 403 g/mol. The number of rotatable bonds is 5. The molecule has 28 heavy (non-hydrogen) atoms. The molecule has 1 fully saturated rings. The van der Waals surface area contributed by atoms with Crippen LogP contribution < -0.4 is 5.32 Å². The molecule has 0 atom stereocenters. The van der Waals surface area contributed by atoms with Gasteiger partial charge in [0.2, 0.25) is 0 Å². The Balaban J connectivity index is 1.60. The number of hydrogen-bond donors (Lipinski definition) is 1. The van der Waals surface area contributed by atoms with Gasteiger partial charge in [-0.25, -0.2) is 0 Å². The van der Waals surface area contributed by atoms with E-state index in [-0.39, 0.29) is 17.9 Å². The summed E-state index contributed by atoms with van der Waals surface area (Å²) in [5.74, 6) is 0.170. The van der Waals surface area contributed by atoms with Crippen molar-refractivity contribution < 1.29 is 9.59 Å². The standard InChI is InChI=1S/C19H26N6O2S/c1-12(2)9-25-16-7-8-24(19(27)15-11-28-23-21-15)10-14(16)17(22-25)18(26)20-13-5-3-4-6-13/h11-13H,3-10H2,1-2H3,(H,20,26). The molecule has 0 aromatic carbocycles. The van der Waals surface area contributed by atoms with Crippen LogP contribution in [0.15, 0.2) is 5.38 Å². The zero-order chi connectivity index (χ0) is 19.7. The van der Waals surface area contributed by atoms with Crippen molar-refractivity contribution in [3.63, 3.8) is 0 Å². The van der Waals surface area contributed by atoms with Crippen molar-refractivity contribution in [1.82, 2.24) is 29.6 Å². The molecule has 2 aromatic rings. The highest BCUT2D eigenvalue weighted by Gasteiger charge is 2.32. The van der Waals surface area contributed by atoms with E-state index in [1.807, 2.05) is 4.68 Å². The molecule has 1 aliphatic carbocycles. The maximum Gasteiger partial charge on any atom is 0.275 e. The van der Waals surface area contributed by atoms with Crippen molar-refractivity contribution >= 4 is 23.3 Å². The van der Waals surface area contributed by atoms with E-state index in [2.05, 4.69) is 33.8 Å². The van der Waals surface area contributed by atoms with Crippen LogP contribution in [-0.4, -0.2) is 48.7 Å². The summed E-state index contributed by atoms with van der Waals surface area (Å²) in [4.78, 5) is 27.4. The molecule has 0 unspecified atom stereocenters. The van der Waals surface area contributed by atoms with Gasteiger partial charge in [-0.3, -0.25) is 14.3 Å². The molecular formula is C19H26N6O2S. The first-order chi connectivity index (χ1) is 13.5. The lowest BCUT2D eigenvalue weighted by atomic mass is 10.0. The number of fused-ring (bicyclic) bond motifs is 1. The van der Waals surface area contributed by atoms with E-state index >= 15 is 0 Å². The van der Waals surface area contributed by atoms with Gasteiger partial charge < -0.3 is 10.2 Å². The first kappa shape index (κ1) is 19.0. The second-order valence-electron chi connectivity index (χ2n) is 8.07. The Morgan fingerprint density at radius 1 is 1.32 bits per heavy atom. The van der Waals surface area contributed by atoms with Crippen LogP contribution >= 0.6 is 11.5 Å². The van der Waals surface area contributed by atoms with Crippen LogP contribution in [0.3, 0.4) is 0 Å². The van der Waals surface area contributed by atoms with Gasteiger partial charge in [0.25, 0.3) is 11.8 Å². The maximum atomic E-state index is 13.0. The zero-order valence-electron chi connectivity index (χ0n) is 16.3. The number of carbonyl (C=O) groups is 2. The van der Waals surface area contributed by atoms with E-state index in [0.717, 1.165) is 43.5 Å². The lowest BCUT2D eigenvalue weighted by molar-refractivity contribution is 0.0724. The Morgan fingerprint density at radius 2 is 2.11 bits per heavy atom. The van der Waals surface area contributed by atoms with Gasteiger partial charge >= 0.3 is 0 Å². The van der Waals surface area contributed by atoms with Crippen LogP contribution in [0.5, 0.6) is 0 Å². The fraction of sp³-hybridized carbons (Fsp3) is 0.632. The lowest BCUT2D eigenvalue weighted by Crippen LogP contribution is -2.38. The van der Waals surface area contributed by atoms with E-state index in [1.165, 1.54) is 11.5 Å². The van der Waals surface area contributed by atoms with Gasteiger partial charge in [-0.05, 0) is 30.3 Å². The second-order valence-corrected chi connectivity index (χ2v) is 8.68. The Labute approximate surface area is 168 Å². The van der Waals surface area contributed by atoms with E-state index in [0.29, 0.717) is 36.8 Å². The van der Waals surface area contributed by atoms with Crippen molar-refractivity contribution in [2.75, 3.05) is 6.54 Å². The minimum Gasteiger partial charge on any atom is -0.348 e. The van der Waals surface area contributed by atoms with Gasteiger partial charge in [-0.1, -0.05) is 31.2 Å². The maximum absolute atomic E-state index is 13.0. The van der Waals surface area contributed by atoms with Gasteiger partial charge in [-0.15, -0.1) is 5.10 Å². The van der Waals surface area contributed by atoms with E-state index in [1.54, 1.807) is 10.3 Å². The van der Waals surface area contributed by atoms with Gasteiger partial charge in [0.1, 0.15) is 0 Å². The highest BCUT2D eigenvalue weighted by molar-refractivity contribution is 7.03. The fourth-order valence-corrected chi connectivity index (χ4v) is 4.52. The number of aromatic nitrogens is 4.